The Labute approximate surface area is 81.0 Å². The van der Waals surface area contributed by atoms with E-state index in [4.69, 9.17) is 17.3 Å². The third-order valence-electron chi connectivity index (χ3n) is 1.74. The van der Waals surface area contributed by atoms with Crippen LogP contribution in [0.25, 0.3) is 0 Å². The zero-order valence-electron chi connectivity index (χ0n) is 6.88. The molecule has 1 unspecified atom stereocenters. The molecule has 0 amide bonds. The average molecular weight is 206 g/mol. The first-order chi connectivity index (χ1) is 5.58. The highest BCUT2D eigenvalue weighted by Gasteiger charge is 2.25. The first-order valence-corrected chi connectivity index (χ1v) is 4.99. The second-order valence-electron chi connectivity index (χ2n) is 2.91. The van der Waals surface area contributed by atoms with Gasteiger partial charge in [0.05, 0.1) is 15.5 Å². The number of nitrogens with two attached hydrogens (primary N) is 1. The summed E-state index contributed by atoms with van der Waals surface area (Å²) < 4.78 is 0. The van der Waals surface area contributed by atoms with Crippen LogP contribution in [0.4, 0.5) is 0 Å². The Balaban J connectivity index is 2.88. The molecule has 2 nitrogen and oxygen atoms in total. The van der Waals surface area contributed by atoms with E-state index < -0.39 is 5.60 Å². The number of aliphatic hydroxyl groups is 1. The minimum Gasteiger partial charge on any atom is -0.385 e. The molecule has 0 aromatic carbocycles. The summed E-state index contributed by atoms with van der Waals surface area (Å²) in [6.45, 7) is 2.19. The van der Waals surface area contributed by atoms with Crippen molar-refractivity contribution in [3.05, 3.63) is 21.3 Å². The molecular formula is C8H12ClNOS. The van der Waals surface area contributed by atoms with Crippen molar-refractivity contribution in [2.24, 2.45) is 5.73 Å². The van der Waals surface area contributed by atoms with Gasteiger partial charge in [0.25, 0.3) is 0 Å². The Bertz CT molecular complexity index is 259. The minimum absolute atomic E-state index is 0.460. The molecule has 0 fully saturated rings. The monoisotopic (exact) mass is 205 g/mol. The molecule has 1 atom stereocenters. The van der Waals surface area contributed by atoms with E-state index in [2.05, 4.69) is 0 Å². The van der Waals surface area contributed by atoms with Gasteiger partial charge in [0.15, 0.2) is 0 Å². The van der Waals surface area contributed by atoms with Gasteiger partial charge in [-0.15, -0.1) is 11.3 Å². The Hall–Kier alpha value is -0.0900. The van der Waals surface area contributed by atoms with Gasteiger partial charge in [-0.3, -0.25) is 0 Å². The Morgan fingerprint density at radius 1 is 1.75 bits per heavy atom. The molecule has 1 heterocycles. The molecule has 0 aliphatic heterocycles. The van der Waals surface area contributed by atoms with Crippen LogP contribution in [-0.2, 0) is 5.60 Å². The lowest BCUT2D eigenvalue weighted by molar-refractivity contribution is 0.0543. The summed E-state index contributed by atoms with van der Waals surface area (Å²) >= 11 is 7.33. The van der Waals surface area contributed by atoms with Crippen molar-refractivity contribution in [3.8, 4) is 0 Å². The summed E-state index contributed by atoms with van der Waals surface area (Å²) in [6.07, 6.45) is 0.535. The van der Waals surface area contributed by atoms with Gasteiger partial charge in [0.2, 0.25) is 0 Å². The van der Waals surface area contributed by atoms with Crippen LogP contribution in [0, 0.1) is 0 Å². The first-order valence-electron chi connectivity index (χ1n) is 3.74. The van der Waals surface area contributed by atoms with Gasteiger partial charge < -0.3 is 10.8 Å². The zero-order chi connectivity index (χ0) is 9.19. The maximum Gasteiger partial charge on any atom is 0.0986 e. The fraction of sp³-hybridized carbons (Fsp3) is 0.500. The molecule has 0 saturated heterocycles. The molecule has 0 saturated carbocycles. The standard InChI is InChI=1S/C8H12ClNOS/c1-8(11,3-4-10)7-6(9)2-5-12-7/h2,5,11H,3-4,10H2,1H3. The maximum atomic E-state index is 9.90. The molecule has 0 spiro atoms. The maximum absolute atomic E-state index is 9.90. The summed E-state index contributed by atoms with van der Waals surface area (Å²) in [5.41, 5.74) is 4.50. The first kappa shape index (κ1) is 9.99. The van der Waals surface area contributed by atoms with Crippen LogP contribution in [0.3, 0.4) is 0 Å². The Morgan fingerprint density at radius 3 is 2.83 bits per heavy atom. The molecule has 0 aliphatic carbocycles. The molecule has 1 aromatic heterocycles. The van der Waals surface area contributed by atoms with Crippen molar-refractivity contribution in [3.63, 3.8) is 0 Å². The molecule has 4 heteroatoms. The largest absolute Gasteiger partial charge is 0.385 e. The predicted octanol–water partition coefficient (Wildman–Crippen LogP) is 1.96. The number of hydrogen-bond acceptors (Lipinski definition) is 3. The van der Waals surface area contributed by atoms with Crippen LogP contribution >= 0.6 is 22.9 Å². The van der Waals surface area contributed by atoms with Crippen LogP contribution in [0.5, 0.6) is 0 Å². The van der Waals surface area contributed by atoms with E-state index in [1.165, 1.54) is 11.3 Å². The van der Waals surface area contributed by atoms with Crippen molar-refractivity contribution >= 4 is 22.9 Å². The van der Waals surface area contributed by atoms with E-state index in [1.807, 2.05) is 5.38 Å². The van der Waals surface area contributed by atoms with Gasteiger partial charge in [0, 0.05) is 0 Å². The summed E-state index contributed by atoms with van der Waals surface area (Å²) in [6, 6.07) is 1.78. The second kappa shape index (κ2) is 3.75. The number of hydrogen-bond donors (Lipinski definition) is 2. The van der Waals surface area contributed by atoms with E-state index in [-0.39, 0.29) is 0 Å². The number of thiophene rings is 1. The quantitative estimate of drug-likeness (QED) is 0.793. The summed E-state index contributed by atoms with van der Waals surface area (Å²) in [5, 5.41) is 12.4. The summed E-state index contributed by atoms with van der Waals surface area (Å²) in [7, 11) is 0. The highest BCUT2D eigenvalue weighted by atomic mass is 35.5. The van der Waals surface area contributed by atoms with Gasteiger partial charge >= 0.3 is 0 Å². The van der Waals surface area contributed by atoms with E-state index in [9.17, 15) is 5.11 Å². The van der Waals surface area contributed by atoms with Gasteiger partial charge in [0.1, 0.15) is 0 Å². The lowest BCUT2D eigenvalue weighted by Gasteiger charge is -2.21. The minimum atomic E-state index is -0.875. The van der Waals surface area contributed by atoms with Crippen molar-refractivity contribution in [2.75, 3.05) is 6.54 Å². The van der Waals surface area contributed by atoms with Crippen LogP contribution in [0.2, 0.25) is 5.02 Å². The number of halogens is 1. The van der Waals surface area contributed by atoms with E-state index in [1.54, 1.807) is 13.0 Å². The topological polar surface area (TPSA) is 46.2 Å². The highest BCUT2D eigenvalue weighted by Crippen LogP contribution is 2.34. The predicted molar refractivity (Wildman–Crippen MR) is 52.6 cm³/mol. The third kappa shape index (κ3) is 1.98. The Morgan fingerprint density at radius 2 is 2.42 bits per heavy atom. The van der Waals surface area contributed by atoms with Crippen LogP contribution in [-0.4, -0.2) is 11.7 Å². The molecule has 12 heavy (non-hydrogen) atoms. The van der Waals surface area contributed by atoms with Crippen LogP contribution in [0.15, 0.2) is 11.4 Å². The molecule has 0 bridgehead atoms. The van der Waals surface area contributed by atoms with Gasteiger partial charge in [-0.25, -0.2) is 0 Å². The lowest BCUT2D eigenvalue weighted by Crippen LogP contribution is -2.24. The van der Waals surface area contributed by atoms with Crippen molar-refractivity contribution in [1.82, 2.24) is 0 Å². The third-order valence-corrected chi connectivity index (χ3v) is 3.33. The van der Waals surface area contributed by atoms with E-state index in [0.29, 0.717) is 18.0 Å². The SMILES string of the molecule is CC(O)(CCN)c1sccc1Cl. The van der Waals surface area contributed by atoms with Crippen LogP contribution < -0.4 is 5.73 Å². The second-order valence-corrected chi connectivity index (χ2v) is 4.23. The molecule has 3 N–H and O–H groups in total. The Kier molecular flexibility index (Phi) is 3.12. The van der Waals surface area contributed by atoms with Crippen molar-refractivity contribution in [2.45, 2.75) is 18.9 Å². The molecule has 0 radical (unpaired) electrons. The average Bonchev–Trinajstić information content (AvgIpc) is 2.35. The molecule has 0 aliphatic rings. The smallest absolute Gasteiger partial charge is 0.0986 e. The molecular weight excluding hydrogens is 194 g/mol. The van der Waals surface area contributed by atoms with Gasteiger partial charge in [-0.2, -0.15) is 0 Å². The van der Waals surface area contributed by atoms with Gasteiger partial charge in [-0.1, -0.05) is 11.6 Å². The summed E-state index contributed by atoms with van der Waals surface area (Å²) in [5.74, 6) is 0. The number of rotatable bonds is 3. The van der Waals surface area contributed by atoms with Crippen LogP contribution in [0.1, 0.15) is 18.2 Å². The molecule has 68 valence electrons. The summed E-state index contributed by atoms with van der Waals surface area (Å²) in [4.78, 5) is 0.801. The zero-order valence-corrected chi connectivity index (χ0v) is 8.45. The van der Waals surface area contributed by atoms with Crippen molar-refractivity contribution < 1.29 is 5.11 Å². The normalized spacial score (nSPS) is 16.0. The fourth-order valence-electron chi connectivity index (χ4n) is 1.07. The molecule has 1 rings (SSSR count). The highest BCUT2D eigenvalue weighted by molar-refractivity contribution is 7.10. The lowest BCUT2D eigenvalue weighted by atomic mass is 10.0. The van der Waals surface area contributed by atoms with Crippen molar-refractivity contribution in [1.29, 1.82) is 0 Å². The fourth-order valence-corrected chi connectivity index (χ4v) is 2.42. The van der Waals surface area contributed by atoms with Gasteiger partial charge in [-0.05, 0) is 31.3 Å². The molecule has 1 aromatic rings. The van der Waals surface area contributed by atoms with E-state index in [0.717, 1.165) is 4.88 Å². The van der Waals surface area contributed by atoms with E-state index >= 15 is 0 Å².